The van der Waals surface area contributed by atoms with Gasteiger partial charge in [-0.2, -0.15) is 0 Å². The number of non-ortho nitro benzene ring substituents is 1. The van der Waals surface area contributed by atoms with E-state index in [0.29, 0.717) is 10.9 Å². The van der Waals surface area contributed by atoms with Crippen molar-refractivity contribution in [2.24, 2.45) is 0 Å². The molecule has 2 aromatic carbocycles. The average Bonchev–Trinajstić information content (AvgIpc) is 3.12. The molecule has 1 N–H and O–H groups in total. The number of hydrogen-bond donors (Lipinski definition) is 1. The number of anilines is 1. The second kappa shape index (κ2) is 10.4. The fraction of sp³-hybridized carbons (Fsp3) is 0.320. The summed E-state index contributed by atoms with van der Waals surface area (Å²) in [7, 11) is 0. The average molecular weight is 482 g/mol. The summed E-state index contributed by atoms with van der Waals surface area (Å²) in [4.78, 5) is 49.4. The van der Waals surface area contributed by atoms with Crippen molar-refractivity contribution in [3.05, 3.63) is 69.9 Å². The topological polar surface area (TPSA) is 130 Å². The molecule has 0 aliphatic carbocycles. The number of ketones is 1. The summed E-state index contributed by atoms with van der Waals surface area (Å²) in [5.74, 6) is -0.920. The minimum absolute atomic E-state index is 0.0424. The zero-order valence-electron chi connectivity index (χ0n) is 20.0. The van der Waals surface area contributed by atoms with Gasteiger partial charge in [0.1, 0.15) is 5.60 Å². The van der Waals surface area contributed by atoms with Crippen LogP contribution in [0.4, 0.5) is 16.2 Å². The molecule has 1 aromatic heterocycles. The molecule has 184 valence electrons. The number of nitrogens with zero attached hydrogens (tertiary/aromatic N) is 2. The molecule has 3 aromatic rings. The van der Waals surface area contributed by atoms with Gasteiger partial charge in [-0.25, -0.2) is 14.2 Å². The first-order chi connectivity index (χ1) is 16.5. The van der Waals surface area contributed by atoms with Crippen LogP contribution >= 0.6 is 0 Å². The number of fused-ring (bicyclic) bond motifs is 1. The van der Waals surface area contributed by atoms with Gasteiger partial charge in [0.25, 0.3) is 5.69 Å². The molecule has 0 radical (unpaired) electrons. The van der Waals surface area contributed by atoms with E-state index in [1.807, 2.05) is 6.07 Å². The highest BCUT2D eigenvalue weighted by atomic mass is 16.6. The van der Waals surface area contributed by atoms with Gasteiger partial charge in [0.2, 0.25) is 0 Å². The summed E-state index contributed by atoms with van der Waals surface area (Å²) in [6, 6.07) is 12.7. The van der Waals surface area contributed by atoms with Crippen LogP contribution in [0.25, 0.3) is 10.9 Å². The lowest BCUT2D eigenvalue weighted by Crippen LogP contribution is -2.29. The molecule has 0 aliphatic heterocycles. The molecule has 0 amide bonds. The Balaban J connectivity index is 2.09. The Morgan fingerprint density at radius 2 is 1.77 bits per heavy atom. The maximum absolute atomic E-state index is 13.1. The van der Waals surface area contributed by atoms with E-state index in [4.69, 9.17) is 9.47 Å². The summed E-state index contributed by atoms with van der Waals surface area (Å²) < 4.78 is 11.6. The molecule has 0 bridgehead atoms. The van der Waals surface area contributed by atoms with Crippen molar-refractivity contribution in [3.8, 4) is 0 Å². The van der Waals surface area contributed by atoms with Crippen LogP contribution in [0.5, 0.6) is 0 Å². The number of nitro groups is 1. The third kappa shape index (κ3) is 5.84. The number of benzene rings is 2. The standard InChI is InChI=1S/C25H27N3O7/c1-5-34-23(30)22-21(26-14-13-20(29)16-9-7-6-8-10-16)18-12-11-17(28(32)33)15-19(18)27(22)24(31)35-25(2,3)4/h6-12,15,26H,5,13-14H2,1-4H3. The van der Waals surface area contributed by atoms with Crippen molar-refractivity contribution in [2.45, 2.75) is 39.7 Å². The van der Waals surface area contributed by atoms with Gasteiger partial charge in [-0.1, -0.05) is 30.3 Å². The van der Waals surface area contributed by atoms with Crippen LogP contribution in [-0.2, 0) is 9.47 Å². The first-order valence-corrected chi connectivity index (χ1v) is 11.1. The molecule has 10 nitrogen and oxygen atoms in total. The number of carbonyl (C=O) groups excluding carboxylic acids is 3. The predicted molar refractivity (Wildman–Crippen MR) is 130 cm³/mol. The molecular formula is C25H27N3O7. The van der Waals surface area contributed by atoms with E-state index in [1.54, 1.807) is 52.0 Å². The van der Waals surface area contributed by atoms with Crippen molar-refractivity contribution >= 4 is 40.1 Å². The van der Waals surface area contributed by atoms with E-state index >= 15 is 0 Å². The van der Waals surface area contributed by atoms with Crippen molar-refractivity contribution < 1.29 is 28.8 Å². The summed E-state index contributed by atoms with van der Waals surface area (Å²) in [6.07, 6.45) is -0.780. The number of hydrogen-bond acceptors (Lipinski definition) is 8. The first-order valence-electron chi connectivity index (χ1n) is 11.1. The highest BCUT2D eigenvalue weighted by Crippen LogP contribution is 2.35. The Bertz CT molecular complexity index is 1270. The highest BCUT2D eigenvalue weighted by Gasteiger charge is 2.31. The smallest absolute Gasteiger partial charge is 0.419 e. The Morgan fingerprint density at radius 3 is 2.37 bits per heavy atom. The molecule has 0 saturated heterocycles. The minimum Gasteiger partial charge on any atom is -0.461 e. The van der Waals surface area contributed by atoms with Crippen LogP contribution in [-0.4, -0.2) is 46.1 Å². The number of nitro benzene ring substituents is 1. The number of Topliss-reactive ketones (excluding diaryl/α,β-unsaturated/α-hetero) is 1. The van der Waals surface area contributed by atoms with E-state index in [-0.39, 0.29) is 47.9 Å². The third-order valence-corrected chi connectivity index (χ3v) is 4.96. The van der Waals surface area contributed by atoms with Crippen LogP contribution < -0.4 is 5.32 Å². The molecule has 35 heavy (non-hydrogen) atoms. The molecule has 0 fully saturated rings. The Hall–Kier alpha value is -4.21. The predicted octanol–water partition coefficient (Wildman–Crippen LogP) is 5.19. The summed E-state index contributed by atoms with van der Waals surface area (Å²) in [6.45, 7) is 6.80. The van der Waals surface area contributed by atoms with E-state index in [1.165, 1.54) is 18.2 Å². The van der Waals surface area contributed by atoms with Crippen molar-refractivity contribution in [1.29, 1.82) is 0 Å². The van der Waals surface area contributed by atoms with E-state index < -0.39 is 22.6 Å². The van der Waals surface area contributed by atoms with Crippen molar-refractivity contribution in [2.75, 3.05) is 18.5 Å². The fourth-order valence-electron chi connectivity index (χ4n) is 3.53. The maximum Gasteiger partial charge on any atom is 0.419 e. The highest BCUT2D eigenvalue weighted by molar-refractivity contribution is 6.11. The van der Waals surface area contributed by atoms with E-state index in [9.17, 15) is 24.5 Å². The van der Waals surface area contributed by atoms with Gasteiger partial charge >= 0.3 is 12.1 Å². The molecule has 0 atom stereocenters. The number of rotatable bonds is 8. The van der Waals surface area contributed by atoms with Crippen LogP contribution in [0.15, 0.2) is 48.5 Å². The zero-order chi connectivity index (χ0) is 25.8. The number of carbonyl (C=O) groups is 3. The Morgan fingerprint density at radius 1 is 1.09 bits per heavy atom. The van der Waals surface area contributed by atoms with Gasteiger partial charge in [-0.05, 0) is 33.8 Å². The normalized spacial score (nSPS) is 11.2. The molecule has 3 rings (SSSR count). The molecule has 10 heteroatoms. The Kier molecular flexibility index (Phi) is 7.53. The molecule has 0 saturated carbocycles. The monoisotopic (exact) mass is 481 g/mol. The lowest BCUT2D eigenvalue weighted by Gasteiger charge is -2.20. The Labute approximate surface area is 202 Å². The van der Waals surface area contributed by atoms with Crippen molar-refractivity contribution in [3.63, 3.8) is 0 Å². The van der Waals surface area contributed by atoms with Gasteiger partial charge in [0.05, 0.1) is 22.7 Å². The summed E-state index contributed by atoms with van der Waals surface area (Å²) in [5, 5.41) is 14.8. The zero-order valence-corrected chi connectivity index (χ0v) is 20.0. The maximum atomic E-state index is 13.1. The number of esters is 1. The fourth-order valence-corrected chi connectivity index (χ4v) is 3.53. The minimum atomic E-state index is -0.893. The number of aromatic nitrogens is 1. The lowest BCUT2D eigenvalue weighted by molar-refractivity contribution is -0.384. The van der Waals surface area contributed by atoms with Crippen LogP contribution in [0, 0.1) is 10.1 Å². The quantitative estimate of drug-likeness (QED) is 0.201. The molecular weight excluding hydrogens is 454 g/mol. The second-order valence-electron chi connectivity index (χ2n) is 8.68. The molecule has 1 heterocycles. The second-order valence-corrected chi connectivity index (χ2v) is 8.68. The van der Waals surface area contributed by atoms with Crippen LogP contribution in [0.2, 0.25) is 0 Å². The van der Waals surface area contributed by atoms with Gasteiger partial charge in [0.15, 0.2) is 11.5 Å². The van der Waals surface area contributed by atoms with Crippen molar-refractivity contribution in [1.82, 2.24) is 4.57 Å². The SMILES string of the molecule is CCOC(=O)c1c(NCCC(=O)c2ccccc2)c2ccc([N+](=O)[O-])cc2n1C(=O)OC(C)(C)C. The van der Waals surface area contributed by atoms with Gasteiger partial charge in [-0.15, -0.1) is 0 Å². The van der Waals surface area contributed by atoms with Crippen LogP contribution in [0.3, 0.4) is 0 Å². The largest absolute Gasteiger partial charge is 0.461 e. The van der Waals surface area contributed by atoms with Gasteiger partial charge in [0, 0.05) is 36.0 Å². The lowest BCUT2D eigenvalue weighted by atomic mass is 10.1. The summed E-state index contributed by atoms with van der Waals surface area (Å²) in [5.41, 5.74) is -0.444. The molecule has 0 spiro atoms. The van der Waals surface area contributed by atoms with Gasteiger partial charge in [-0.3, -0.25) is 14.9 Å². The molecule has 0 aliphatic rings. The summed E-state index contributed by atoms with van der Waals surface area (Å²) >= 11 is 0. The third-order valence-electron chi connectivity index (χ3n) is 4.96. The molecule has 0 unspecified atom stereocenters. The number of ether oxygens (including phenoxy) is 2. The van der Waals surface area contributed by atoms with E-state index in [0.717, 1.165) is 4.57 Å². The van der Waals surface area contributed by atoms with Gasteiger partial charge < -0.3 is 14.8 Å². The van der Waals surface area contributed by atoms with Crippen LogP contribution in [0.1, 0.15) is 55.0 Å². The van der Waals surface area contributed by atoms with E-state index in [2.05, 4.69) is 5.32 Å². The first kappa shape index (κ1) is 25.4. The number of nitrogens with one attached hydrogen (secondary N) is 1.